The molecule has 1 aliphatic heterocycles. The van der Waals surface area contributed by atoms with E-state index in [0.717, 1.165) is 28.8 Å². The first-order valence-corrected chi connectivity index (χ1v) is 7.98. The fourth-order valence-corrected chi connectivity index (χ4v) is 3.15. The third-order valence-corrected chi connectivity index (χ3v) is 4.05. The first kappa shape index (κ1) is 15.6. The van der Waals surface area contributed by atoms with Gasteiger partial charge in [0.2, 0.25) is 0 Å². The third-order valence-electron chi connectivity index (χ3n) is 3.34. The molecule has 0 spiro atoms. The van der Waals surface area contributed by atoms with Gasteiger partial charge in [-0.15, -0.1) is 0 Å². The smallest absolute Gasteiger partial charge is 0.164 e. The van der Waals surface area contributed by atoms with Crippen LogP contribution in [0.3, 0.4) is 0 Å². The van der Waals surface area contributed by atoms with Crippen molar-refractivity contribution < 1.29 is 9.47 Å². The molecule has 112 valence electrons. The summed E-state index contributed by atoms with van der Waals surface area (Å²) in [6, 6.07) is 2.02. The van der Waals surface area contributed by atoms with Crippen molar-refractivity contribution in [1.82, 2.24) is 0 Å². The molecule has 2 N–H and O–H groups in total. The second kappa shape index (κ2) is 5.94. The van der Waals surface area contributed by atoms with Crippen molar-refractivity contribution in [2.45, 2.75) is 52.0 Å². The fraction of sp³-hybridized carbons (Fsp3) is 0.625. The van der Waals surface area contributed by atoms with Crippen molar-refractivity contribution in [1.29, 1.82) is 0 Å². The molecule has 1 heterocycles. The van der Waals surface area contributed by atoms with E-state index >= 15 is 0 Å². The van der Waals surface area contributed by atoms with E-state index < -0.39 is 0 Å². The molecule has 1 aliphatic rings. The first-order chi connectivity index (χ1) is 9.29. The Bertz CT molecular complexity index is 492. The summed E-state index contributed by atoms with van der Waals surface area (Å²) in [5, 5.41) is 0. The number of halogens is 1. The van der Waals surface area contributed by atoms with Gasteiger partial charge in [0.15, 0.2) is 11.5 Å². The Kier molecular flexibility index (Phi) is 4.65. The van der Waals surface area contributed by atoms with Gasteiger partial charge in [-0.05, 0) is 37.8 Å². The quantitative estimate of drug-likeness (QED) is 0.903. The highest BCUT2D eigenvalue weighted by molar-refractivity contribution is 9.10. The second-order valence-electron chi connectivity index (χ2n) is 6.45. The molecule has 0 saturated heterocycles. The Morgan fingerprint density at radius 3 is 2.55 bits per heavy atom. The van der Waals surface area contributed by atoms with E-state index in [-0.39, 0.29) is 5.54 Å². The molecule has 0 amide bonds. The van der Waals surface area contributed by atoms with Crippen LogP contribution in [-0.4, -0.2) is 18.8 Å². The molecule has 3 nitrogen and oxygen atoms in total. The molecule has 0 unspecified atom stereocenters. The number of nitrogens with two attached hydrogens (primary N) is 1. The molecule has 20 heavy (non-hydrogen) atoms. The molecule has 0 aliphatic carbocycles. The minimum Gasteiger partial charge on any atom is -0.490 e. The highest BCUT2D eigenvalue weighted by Gasteiger charge is 2.26. The average molecular weight is 342 g/mol. The maximum absolute atomic E-state index is 6.22. The van der Waals surface area contributed by atoms with Crippen molar-refractivity contribution in [3.63, 3.8) is 0 Å². The summed E-state index contributed by atoms with van der Waals surface area (Å²) >= 11 is 3.68. The molecule has 1 aromatic rings. The van der Waals surface area contributed by atoms with Gasteiger partial charge in [-0.1, -0.05) is 29.8 Å². The molecule has 0 saturated carbocycles. The van der Waals surface area contributed by atoms with E-state index in [2.05, 4.69) is 29.8 Å². The Labute approximate surface area is 130 Å². The summed E-state index contributed by atoms with van der Waals surface area (Å²) in [6.07, 6.45) is 1.72. The van der Waals surface area contributed by atoms with E-state index in [4.69, 9.17) is 15.2 Å². The summed E-state index contributed by atoms with van der Waals surface area (Å²) in [7, 11) is 0. The molecule has 2 rings (SSSR count). The van der Waals surface area contributed by atoms with Crippen LogP contribution in [0.5, 0.6) is 11.5 Å². The number of hydrogen-bond donors (Lipinski definition) is 1. The topological polar surface area (TPSA) is 44.5 Å². The Hall–Kier alpha value is -0.740. The fourth-order valence-electron chi connectivity index (χ4n) is 2.58. The summed E-state index contributed by atoms with van der Waals surface area (Å²) in [5.41, 5.74) is 8.41. The molecule has 4 heteroatoms. The van der Waals surface area contributed by atoms with Crippen LogP contribution >= 0.6 is 15.9 Å². The van der Waals surface area contributed by atoms with Crippen LogP contribution in [0.25, 0.3) is 0 Å². The predicted molar refractivity (Wildman–Crippen MR) is 85.8 cm³/mol. The molecular weight excluding hydrogens is 318 g/mol. The van der Waals surface area contributed by atoms with Crippen molar-refractivity contribution >= 4 is 15.9 Å². The number of rotatable bonds is 3. The largest absolute Gasteiger partial charge is 0.490 e. The summed E-state index contributed by atoms with van der Waals surface area (Å²) in [6.45, 7) is 9.88. The van der Waals surface area contributed by atoms with Gasteiger partial charge in [0.1, 0.15) is 0 Å². The Morgan fingerprint density at radius 2 is 1.95 bits per heavy atom. The number of hydrogen-bond acceptors (Lipinski definition) is 3. The third kappa shape index (κ3) is 3.47. The minimum absolute atomic E-state index is 0.258. The van der Waals surface area contributed by atoms with Crippen molar-refractivity contribution in [3.8, 4) is 11.5 Å². The van der Waals surface area contributed by atoms with Crippen LogP contribution in [0, 0.1) is 0 Å². The molecular formula is C16H24BrNO2. The van der Waals surface area contributed by atoms with Crippen LogP contribution in [0.2, 0.25) is 0 Å². The molecule has 1 aromatic carbocycles. The molecule has 0 atom stereocenters. The predicted octanol–water partition coefficient (Wildman–Crippen LogP) is 4.01. The highest BCUT2D eigenvalue weighted by atomic mass is 79.9. The first-order valence-electron chi connectivity index (χ1n) is 7.19. The van der Waals surface area contributed by atoms with Crippen LogP contribution < -0.4 is 15.2 Å². The maximum Gasteiger partial charge on any atom is 0.164 e. The van der Waals surface area contributed by atoms with Crippen molar-refractivity contribution in [3.05, 3.63) is 21.7 Å². The normalized spacial score (nSPS) is 15.3. The van der Waals surface area contributed by atoms with E-state index in [9.17, 15) is 0 Å². The average Bonchev–Trinajstić information content (AvgIpc) is 2.52. The van der Waals surface area contributed by atoms with Gasteiger partial charge in [-0.3, -0.25) is 0 Å². The zero-order valence-electron chi connectivity index (χ0n) is 12.8. The monoisotopic (exact) mass is 341 g/mol. The molecule has 0 radical (unpaired) electrons. The van der Waals surface area contributed by atoms with E-state index in [1.54, 1.807) is 0 Å². The van der Waals surface area contributed by atoms with Gasteiger partial charge in [-0.25, -0.2) is 0 Å². The van der Waals surface area contributed by atoms with Gasteiger partial charge in [-0.2, -0.15) is 0 Å². The van der Waals surface area contributed by atoms with Crippen LogP contribution in [0.4, 0.5) is 0 Å². The number of ether oxygens (including phenoxy) is 2. The summed E-state index contributed by atoms with van der Waals surface area (Å²) in [5.74, 6) is 2.11. The standard InChI is InChI=1S/C16H24BrNO2/c1-10(2)14-11(9-16(3,4)18)12(17)8-13-15(14)20-7-5-6-19-13/h8,10H,5-7,9,18H2,1-4H3. The highest BCUT2D eigenvalue weighted by Crippen LogP contribution is 2.44. The van der Waals surface area contributed by atoms with Gasteiger partial charge in [0.05, 0.1) is 13.2 Å². The van der Waals surface area contributed by atoms with Crippen LogP contribution in [0.15, 0.2) is 10.5 Å². The van der Waals surface area contributed by atoms with Gasteiger partial charge in [0, 0.05) is 22.0 Å². The second-order valence-corrected chi connectivity index (χ2v) is 7.30. The lowest BCUT2D eigenvalue weighted by atomic mass is 9.88. The Morgan fingerprint density at radius 1 is 1.30 bits per heavy atom. The lowest BCUT2D eigenvalue weighted by Crippen LogP contribution is -2.35. The maximum atomic E-state index is 6.22. The summed E-state index contributed by atoms with van der Waals surface area (Å²) in [4.78, 5) is 0. The van der Waals surface area contributed by atoms with E-state index in [0.29, 0.717) is 19.1 Å². The number of benzene rings is 1. The van der Waals surface area contributed by atoms with E-state index in [1.165, 1.54) is 11.1 Å². The van der Waals surface area contributed by atoms with Crippen molar-refractivity contribution in [2.75, 3.05) is 13.2 Å². The lowest BCUT2D eigenvalue weighted by molar-refractivity contribution is 0.295. The Balaban J connectivity index is 2.58. The zero-order valence-corrected chi connectivity index (χ0v) is 14.3. The minimum atomic E-state index is -0.258. The van der Waals surface area contributed by atoms with Gasteiger partial charge in [0.25, 0.3) is 0 Å². The zero-order chi connectivity index (χ0) is 14.9. The lowest BCUT2D eigenvalue weighted by Gasteiger charge is -2.26. The SMILES string of the molecule is CC(C)c1c(CC(C)(C)N)c(Br)cc2c1OCCCO2. The molecule has 0 fully saturated rings. The number of fused-ring (bicyclic) bond motifs is 1. The van der Waals surface area contributed by atoms with Crippen molar-refractivity contribution in [2.24, 2.45) is 5.73 Å². The molecule has 0 aromatic heterocycles. The van der Waals surface area contributed by atoms with Crippen LogP contribution in [-0.2, 0) is 6.42 Å². The van der Waals surface area contributed by atoms with Crippen LogP contribution in [0.1, 0.15) is 51.2 Å². The van der Waals surface area contributed by atoms with Gasteiger partial charge >= 0.3 is 0 Å². The van der Waals surface area contributed by atoms with E-state index in [1.807, 2.05) is 19.9 Å². The summed E-state index contributed by atoms with van der Waals surface area (Å²) < 4.78 is 12.8. The molecule has 0 bridgehead atoms. The van der Waals surface area contributed by atoms with Gasteiger partial charge < -0.3 is 15.2 Å².